The second-order valence-electron chi connectivity index (χ2n) is 4.69. The number of hydrogen-bond donors (Lipinski definition) is 0. The van der Waals surface area contributed by atoms with Crippen molar-refractivity contribution < 1.29 is 0 Å². The first-order valence-electron chi connectivity index (χ1n) is 6.91. The molecular formula is C20H16S. The molecule has 3 aromatic rings. The Balaban J connectivity index is 2.18. The molecule has 0 nitrogen and oxygen atoms in total. The third-order valence-corrected chi connectivity index (χ3v) is 4.18. The maximum atomic E-state index is 3.83. The summed E-state index contributed by atoms with van der Waals surface area (Å²) in [6.45, 7) is 3.83. The molecule has 0 aliphatic rings. The van der Waals surface area contributed by atoms with E-state index < -0.39 is 0 Å². The Morgan fingerprint density at radius 1 is 0.619 bits per heavy atom. The van der Waals surface area contributed by atoms with Gasteiger partial charge in [-0.05, 0) is 33.7 Å². The van der Waals surface area contributed by atoms with E-state index in [1.807, 2.05) is 11.5 Å². The summed E-state index contributed by atoms with van der Waals surface area (Å²) in [5, 5.41) is 1.88. The van der Waals surface area contributed by atoms with Crippen LogP contribution in [-0.2, 0) is 0 Å². The smallest absolute Gasteiger partial charge is 0.0194 e. The Bertz CT molecular complexity index is 745. The fourth-order valence-electron chi connectivity index (χ4n) is 2.47. The van der Waals surface area contributed by atoms with Crippen LogP contribution in [0.5, 0.6) is 0 Å². The zero-order valence-corrected chi connectivity index (χ0v) is 12.5. The standard InChI is InChI=1S/C20H16S/c1-2-21-20-15-9-8-14-19(20)18-13-7-6-12-17(18)16-10-4-3-5-11-16/h2-15H,1H2. The van der Waals surface area contributed by atoms with Crippen LogP contribution >= 0.6 is 11.8 Å². The minimum atomic E-state index is 1.23. The van der Waals surface area contributed by atoms with Crippen molar-refractivity contribution in [1.29, 1.82) is 0 Å². The Morgan fingerprint density at radius 3 is 1.90 bits per heavy atom. The molecule has 0 amide bonds. The van der Waals surface area contributed by atoms with Crippen LogP contribution in [-0.4, -0.2) is 0 Å². The van der Waals surface area contributed by atoms with Gasteiger partial charge >= 0.3 is 0 Å². The van der Waals surface area contributed by atoms with Crippen molar-refractivity contribution in [2.45, 2.75) is 4.90 Å². The number of benzene rings is 3. The molecule has 0 bridgehead atoms. The lowest BCUT2D eigenvalue weighted by molar-refractivity contribution is 1.45. The van der Waals surface area contributed by atoms with E-state index in [4.69, 9.17) is 0 Å². The summed E-state index contributed by atoms with van der Waals surface area (Å²) in [6, 6.07) is 27.5. The first-order valence-corrected chi connectivity index (χ1v) is 7.79. The zero-order valence-electron chi connectivity index (χ0n) is 11.7. The Morgan fingerprint density at radius 2 is 1.19 bits per heavy atom. The molecule has 0 radical (unpaired) electrons. The minimum Gasteiger partial charge on any atom is -0.0980 e. The predicted molar refractivity (Wildman–Crippen MR) is 93.4 cm³/mol. The van der Waals surface area contributed by atoms with Crippen molar-refractivity contribution in [1.82, 2.24) is 0 Å². The fourth-order valence-corrected chi connectivity index (χ4v) is 3.11. The normalized spacial score (nSPS) is 10.3. The second-order valence-corrected chi connectivity index (χ2v) is 5.70. The van der Waals surface area contributed by atoms with E-state index in [1.165, 1.54) is 27.1 Å². The van der Waals surface area contributed by atoms with E-state index in [0.29, 0.717) is 0 Å². The maximum Gasteiger partial charge on any atom is 0.0194 e. The third kappa shape index (κ3) is 2.93. The number of rotatable bonds is 4. The van der Waals surface area contributed by atoms with Gasteiger partial charge in [0.25, 0.3) is 0 Å². The molecule has 0 fully saturated rings. The van der Waals surface area contributed by atoms with Crippen LogP contribution in [0.3, 0.4) is 0 Å². The SMILES string of the molecule is C=CSc1ccccc1-c1ccccc1-c1ccccc1. The van der Waals surface area contributed by atoms with Gasteiger partial charge in [-0.1, -0.05) is 91.1 Å². The van der Waals surface area contributed by atoms with Crippen molar-refractivity contribution in [2.24, 2.45) is 0 Å². The molecule has 3 rings (SSSR count). The molecule has 0 aromatic heterocycles. The quantitative estimate of drug-likeness (QED) is 0.511. The lowest BCUT2D eigenvalue weighted by Gasteiger charge is -2.13. The van der Waals surface area contributed by atoms with Gasteiger partial charge in [0.2, 0.25) is 0 Å². The van der Waals surface area contributed by atoms with E-state index in [1.54, 1.807) is 11.8 Å². The first kappa shape index (κ1) is 13.7. The number of hydrogen-bond acceptors (Lipinski definition) is 1. The zero-order chi connectivity index (χ0) is 14.5. The van der Waals surface area contributed by atoms with E-state index in [2.05, 4.69) is 79.4 Å². The molecule has 0 atom stereocenters. The molecule has 0 aliphatic carbocycles. The molecular weight excluding hydrogens is 272 g/mol. The van der Waals surface area contributed by atoms with Gasteiger partial charge in [0.15, 0.2) is 0 Å². The van der Waals surface area contributed by atoms with E-state index in [0.717, 1.165) is 0 Å². The summed E-state index contributed by atoms with van der Waals surface area (Å²) in [7, 11) is 0. The largest absolute Gasteiger partial charge is 0.0980 e. The van der Waals surface area contributed by atoms with Gasteiger partial charge in [0.05, 0.1) is 0 Å². The van der Waals surface area contributed by atoms with Gasteiger partial charge in [-0.25, -0.2) is 0 Å². The van der Waals surface area contributed by atoms with Crippen LogP contribution in [0.2, 0.25) is 0 Å². The second kappa shape index (κ2) is 6.47. The third-order valence-electron chi connectivity index (χ3n) is 3.40. The van der Waals surface area contributed by atoms with Gasteiger partial charge in [-0.15, -0.1) is 0 Å². The monoisotopic (exact) mass is 288 g/mol. The van der Waals surface area contributed by atoms with Crippen LogP contribution in [0.4, 0.5) is 0 Å². The van der Waals surface area contributed by atoms with Gasteiger partial charge < -0.3 is 0 Å². The van der Waals surface area contributed by atoms with Crippen molar-refractivity contribution in [3.8, 4) is 22.3 Å². The number of thioether (sulfide) groups is 1. The van der Waals surface area contributed by atoms with E-state index >= 15 is 0 Å². The van der Waals surface area contributed by atoms with E-state index in [-0.39, 0.29) is 0 Å². The molecule has 3 aromatic carbocycles. The molecule has 0 aliphatic heterocycles. The molecule has 102 valence electrons. The summed E-state index contributed by atoms with van der Waals surface area (Å²) in [6.07, 6.45) is 0. The molecule has 21 heavy (non-hydrogen) atoms. The maximum absolute atomic E-state index is 3.83. The molecule has 0 saturated heterocycles. The average Bonchev–Trinajstić information content (AvgIpc) is 2.57. The highest BCUT2D eigenvalue weighted by Gasteiger charge is 2.09. The summed E-state index contributed by atoms with van der Waals surface area (Å²) in [5.74, 6) is 0. The van der Waals surface area contributed by atoms with Crippen molar-refractivity contribution in [3.63, 3.8) is 0 Å². The Hall–Kier alpha value is -2.25. The summed E-state index contributed by atoms with van der Waals surface area (Å²) >= 11 is 1.66. The summed E-state index contributed by atoms with van der Waals surface area (Å²) in [4.78, 5) is 1.23. The van der Waals surface area contributed by atoms with Crippen LogP contribution in [0.15, 0.2) is 95.7 Å². The highest BCUT2D eigenvalue weighted by molar-refractivity contribution is 8.02. The van der Waals surface area contributed by atoms with E-state index in [9.17, 15) is 0 Å². The fraction of sp³-hybridized carbons (Fsp3) is 0. The topological polar surface area (TPSA) is 0 Å². The van der Waals surface area contributed by atoms with Gasteiger partial charge in [0, 0.05) is 4.90 Å². The van der Waals surface area contributed by atoms with Crippen LogP contribution in [0.1, 0.15) is 0 Å². The molecule has 0 unspecified atom stereocenters. The Kier molecular flexibility index (Phi) is 4.23. The van der Waals surface area contributed by atoms with Crippen LogP contribution in [0.25, 0.3) is 22.3 Å². The molecule has 0 N–H and O–H groups in total. The molecule has 0 spiro atoms. The van der Waals surface area contributed by atoms with Crippen molar-refractivity contribution in [2.75, 3.05) is 0 Å². The average molecular weight is 288 g/mol. The van der Waals surface area contributed by atoms with Crippen LogP contribution in [0, 0.1) is 0 Å². The van der Waals surface area contributed by atoms with Gasteiger partial charge in [0.1, 0.15) is 0 Å². The molecule has 0 heterocycles. The predicted octanol–water partition coefficient (Wildman–Crippen LogP) is 6.26. The summed E-state index contributed by atoms with van der Waals surface area (Å²) < 4.78 is 0. The van der Waals surface area contributed by atoms with Gasteiger partial charge in [-0.3, -0.25) is 0 Å². The Labute approximate surface area is 130 Å². The molecule has 0 saturated carbocycles. The van der Waals surface area contributed by atoms with Gasteiger partial charge in [-0.2, -0.15) is 0 Å². The summed E-state index contributed by atoms with van der Waals surface area (Å²) in [5.41, 5.74) is 5.01. The van der Waals surface area contributed by atoms with Crippen molar-refractivity contribution in [3.05, 3.63) is 90.8 Å². The molecule has 1 heteroatoms. The van der Waals surface area contributed by atoms with Crippen LogP contribution < -0.4 is 0 Å². The lowest BCUT2D eigenvalue weighted by Crippen LogP contribution is -1.86. The lowest BCUT2D eigenvalue weighted by atomic mass is 9.95. The first-order chi connectivity index (χ1) is 10.4. The highest BCUT2D eigenvalue weighted by atomic mass is 32.2. The van der Waals surface area contributed by atoms with Crippen molar-refractivity contribution >= 4 is 11.8 Å². The minimum absolute atomic E-state index is 1.23. The highest BCUT2D eigenvalue weighted by Crippen LogP contribution is 2.37.